The first-order valence-electron chi connectivity index (χ1n) is 9.00. The summed E-state index contributed by atoms with van der Waals surface area (Å²) in [5, 5.41) is 12.6. The highest BCUT2D eigenvalue weighted by atomic mass is 35.5. The van der Waals surface area contributed by atoms with Crippen molar-refractivity contribution in [1.82, 2.24) is 14.8 Å². The molecular formula is C21H21ClN4O3S. The van der Waals surface area contributed by atoms with Gasteiger partial charge in [-0.3, -0.25) is 9.36 Å². The topological polar surface area (TPSA) is 78.3 Å². The van der Waals surface area contributed by atoms with Gasteiger partial charge in [-0.1, -0.05) is 41.6 Å². The van der Waals surface area contributed by atoms with E-state index >= 15 is 0 Å². The van der Waals surface area contributed by atoms with Gasteiger partial charge in [0.1, 0.15) is 11.5 Å². The molecule has 7 nitrogen and oxygen atoms in total. The van der Waals surface area contributed by atoms with Crippen molar-refractivity contribution >= 4 is 35.0 Å². The Labute approximate surface area is 184 Å². The van der Waals surface area contributed by atoms with Crippen LogP contribution >= 0.6 is 23.4 Å². The van der Waals surface area contributed by atoms with E-state index in [1.807, 2.05) is 22.8 Å². The lowest BCUT2D eigenvalue weighted by atomic mass is 10.2. The van der Waals surface area contributed by atoms with E-state index in [2.05, 4.69) is 22.1 Å². The van der Waals surface area contributed by atoms with Crippen molar-refractivity contribution in [1.29, 1.82) is 0 Å². The molecule has 1 amide bonds. The molecule has 3 aromatic rings. The van der Waals surface area contributed by atoms with Gasteiger partial charge in [-0.15, -0.1) is 16.8 Å². The Morgan fingerprint density at radius 2 is 2.07 bits per heavy atom. The molecule has 30 heavy (non-hydrogen) atoms. The van der Waals surface area contributed by atoms with Gasteiger partial charge in [0.2, 0.25) is 5.91 Å². The second kappa shape index (κ2) is 10.2. The van der Waals surface area contributed by atoms with Crippen molar-refractivity contribution in [2.45, 2.75) is 11.7 Å². The average molecular weight is 445 g/mol. The van der Waals surface area contributed by atoms with Crippen LogP contribution in [0.1, 0.15) is 0 Å². The van der Waals surface area contributed by atoms with Gasteiger partial charge < -0.3 is 14.8 Å². The molecule has 2 aromatic carbocycles. The summed E-state index contributed by atoms with van der Waals surface area (Å²) in [6, 6.07) is 12.6. The van der Waals surface area contributed by atoms with Crippen LogP contribution in [0.4, 0.5) is 5.69 Å². The van der Waals surface area contributed by atoms with E-state index in [0.29, 0.717) is 39.7 Å². The number of halogens is 1. The molecule has 1 aromatic heterocycles. The molecule has 9 heteroatoms. The number of aromatic nitrogens is 3. The Morgan fingerprint density at radius 1 is 1.23 bits per heavy atom. The summed E-state index contributed by atoms with van der Waals surface area (Å²) in [5.74, 6) is 1.79. The van der Waals surface area contributed by atoms with Crippen LogP contribution < -0.4 is 14.8 Å². The van der Waals surface area contributed by atoms with Crippen LogP contribution in [0, 0.1) is 0 Å². The summed E-state index contributed by atoms with van der Waals surface area (Å²) in [6.07, 6.45) is 1.75. The number of rotatable bonds is 9. The van der Waals surface area contributed by atoms with Crippen molar-refractivity contribution in [2.75, 3.05) is 25.3 Å². The largest absolute Gasteiger partial charge is 0.497 e. The highest BCUT2D eigenvalue weighted by Gasteiger charge is 2.16. The fraction of sp³-hybridized carbons (Fsp3) is 0.190. The molecule has 1 heterocycles. The second-order valence-corrected chi connectivity index (χ2v) is 7.50. The highest BCUT2D eigenvalue weighted by molar-refractivity contribution is 7.99. The van der Waals surface area contributed by atoms with Crippen LogP contribution in [0.3, 0.4) is 0 Å². The van der Waals surface area contributed by atoms with Gasteiger partial charge >= 0.3 is 0 Å². The maximum absolute atomic E-state index is 12.5. The van der Waals surface area contributed by atoms with Crippen molar-refractivity contribution in [2.24, 2.45) is 0 Å². The Morgan fingerprint density at radius 3 is 2.77 bits per heavy atom. The molecule has 0 atom stereocenters. The number of hydrogen-bond donors (Lipinski definition) is 1. The molecule has 0 aliphatic carbocycles. The van der Waals surface area contributed by atoms with Crippen LogP contribution in [0.15, 0.2) is 60.3 Å². The van der Waals surface area contributed by atoms with E-state index in [4.69, 9.17) is 21.1 Å². The van der Waals surface area contributed by atoms with Gasteiger partial charge in [0.25, 0.3) is 0 Å². The van der Waals surface area contributed by atoms with E-state index in [1.165, 1.54) is 18.9 Å². The molecule has 0 aliphatic heterocycles. The molecule has 0 saturated carbocycles. The molecule has 0 radical (unpaired) electrons. The van der Waals surface area contributed by atoms with Gasteiger partial charge in [-0.25, -0.2) is 0 Å². The molecule has 0 fully saturated rings. The molecule has 0 saturated heterocycles. The maximum atomic E-state index is 12.5. The predicted octanol–water partition coefficient (Wildman–Crippen LogP) is 4.53. The molecule has 3 rings (SSSR count). The summed E-state index contributed by atoms with van der Waals surface area (Å²) in [6.45, 7) is 4.30. The van der Waals surface area contributed by atoms with E-state index in [9.17, 15) is 4.79 Å². The lowest BCUT2D eigenvalue weighted by Crippen LogP contribution is -2.15. The minimum Gasteiger partial charge on any atom is -0.497 e. The van der Waals surface area contributed by atoms with Crippen LogP contribution in [-0.2, 0) is 11.3 Å². The second-order valence-electron chi connectivity index (χ2n) is 6.12. The first-order chi connectivity index (χ1) is 14.5. The lowest BCUT2D eigenvalue weighted by molar-refractivity contribution is -0.113. The SMILES string of the molecule is C=CCn1c(SCC(=O)Nc2ccc(OC)cc2OC)nnc1-c1cccc(Cl)c1. The number of methoxy groups -OCH3 is 2. The fourth-order valence-corrected chi connectivity index (χ4v) is 3.69. The van der Waals surface area contributed by atoms with E-state index in [1.54, 1.807) is 37.5 Å². The van der Waals surface area contributed by atoms with Gasteiger partial charge in [-0.05, 0) is 24.3 Å². The van der Waals surface area contributed by atoms with Crippen molar-refractivity contribution < 1.29 is 14.3 Å². The van der Waals surface area contributed by atoms with Gasteiger partial charge in [0.15, 0.2) is 11.0 Å². The van der Waals surface area contributed by atoms with E-state index < -0.39 is 0 Å². The molecule has 1 N–H and O–H groups in total. The number of thioether (sulfide) groups is 1. The first-order valence-corrected chi connectivity index (χ1v) is 10.4. The molecule has 0 spiro atoms. The summed E-state index contributed by atoms with van der Waals surface area (Å²) in [4.78, 5) is 12.5. The summed E-state index contributed by atoms with van der Waals surface area (Å²) >= 11 is 7.39. The molecule has 0 aliphatic rings. The standard InChI is InChI=1S/C21H21ClN4O3S/c1-4-10-26-20(14-6-5-7-15(22)11-14)24-25-21(26)30-13-19(27)23-17-9-8-16(28-2)12-18(17)29-3/h4-9,11-12H,1,10,13H2,2-3H3,(H,23,27). The van der Waals surface area contributed by atoms with Gasteiger partial charge in [0, 0.05) is 23.2 Å². The number of hydrogen-bond acceptors (Lipinski definition) is 6. The lowest BCUT2D eigenvalue weighted by Gasteiger charge is -2.12. The zero-order valence-corrected chi connectivity index (χ0v) is 18.2. The molecule has 0 unspecified atom stereocenters. The number of benzene rings is 2. The summed E-state index contributed by atoms with van der Waals surface area (Å²) in [7, 11) is 3.11. The number of anilines is 1. The van der Waals surface area contributed by atoms with Crippen LogP contribution in [0.5, 0.6) is 11.5 Å². The Kier molecular flexibility index (Phi) is 7.37. The summed E-state index contributed by atoms with van der Waals surface area (Å²) < 4.78 is 12.4. The molecule has 0 bridgehead atoms. The molecular weight excluding hydrogens is 424 g/mol. The van der Waals surface area contributed by atoms with Crippen molar-refractivity contribution in [3.8, 4) is 22.9 Å². The normalized spacial score (nSPS) is 10.5. The Bertz CT molecular complexity index is 1050. The van der Waals surface area contributed by atoms with Crippen LogP contribution in [0.25, 0.3) is 11.4 Å². The number of amides is 1. The third-order valence-corrected chi connectivity index (χ3v) is 5.33. The minimum atomic E-state index is -0.194. The average Bonchev–Trinajstić information content (AvgIpc) is 3.15. The molecule has 156 valence electrons. The smallest absolute Gasteiger partial charge is 0.234 e. The number of nitrogens with one attached hydrogen (secondary N) is 1. The first kappa shape index (κ1) is 21.7. The summed E-state index contributed by atoms with van der Waals surface area (Å²) in [5.41, 5.74) is 1.41. The van der Waals surface area contributed by atoms with Crippen molar-refractivity contribution in [3.05, 3.63) is 60.1 Å². The van der Waals surface area contributed by atoms with Crippen LogP contribution in [-0.4, -0.2) is 40.6 Å². The predicted molar refractivity (Wildman–Crippen MR) is 120 cm³/mol. The number of nitrogens with zero attached hydrogens (tertiary/aromatic N) is 3. The number of ether oxygens (including phenoxy) is 2. The van der Waals surface area contributed by atoms with Crippen molar-refractivity contribution in [3.63, 3.8) is 0 Å². The Balaban J connectivity index is 1.73. The quantitative estimate of drug-likeness (QED) is 0.386. The van der Waals surface area contributed by atoms with Gasteiger partial charge in [0.05, 0.1) is 25.7 Å². The number of allylic oxidation sites excluding steroid dienone is 1. The van der Waals surface area contributed by atoms with E-state index in [-0.39, 0.29) is 11.7 Å². The highest BCUT2D eigenvalue weighted by Crippen LogP contribution is 2.30. The third-order valence-electron chi connectivity index (χ3n) is 4.13. The number of carbonyl (C=O) groups is 1. The van der Waals surface area contributed by atoms with E-state index in [0.717, 1.165) is 5.56 Å². The number of carbonyl (C=O) groups excluding carboxylic acids is 1. The zero-order chi connectivity index (χ0) is 21.5. The minimum absolute atomic E-state index is 0.153. The monoisotopic (exact) mass is 444 g/mol. The maximum Gasteiger partial charge on any atom is 0.234 e. The Hall–Kier alpha value is -2.97. The van der Waals surface area contributed by atoms with Crippen LogP contribution in [0.2, 0.25) is 5.02 Å². The van der Waals surface area contributed by atoms with Gasteiger partial charge in [-0.2, -0.15) is 0 Å². The fourth-order valence-electron chi connectivity index (χ4n) is 2.75. The third kappa shape index (κ3) is 5.14. The zero-order valence-electron chi connectivity index (χ0n) is 16.6.